The maximum Gasteiger partial charge on any atom is 0.185 e. The van der Waals surface area contributed by atoms with Crippen molar-refractivity contribution in [2.45, 2.75) is 24.5 Å². The Labute approximate surface area is 220 Å². The zero-order chi connectivity index (χ0) is 25.8. The van der Waals surface area contributed by atoms with Crippen molar-refractivity contribution in [3.8, 4) is 5.75 Å². The predicted octanol–water partition coefficient (Wildman–Crippen LogP) is 3.98. The van der Waals surface area contributed by atoms with E-state index in [0.29, 0.717) is 10.6 Å². The van der Waals surface area contributed by atoms with Gasteiger partial charge in [0.15, 0.2) is 29.5 Å². The Morgan fingerprint density at radius 2 is 0.944 bits per heavy atom. The molecule has 0 atom stereocenters. The first-order valence-corrected chi connectivity index (χ1v) is 17.9. The van der Waals surface area contributed by atoms with Crippen LogP contribution in [-0.4, -0.2) is 60.6 Å². The van der Waals surface area contributed by atoms with Gasteiger partial charge in [0, 0.05) is 21.3 Å². The third kappa shape index (κ3) is 6.28. The second kappa shape index (κ2) is 11.2. The average Bonchev–Trinajstić information content (AvgIpc) is 2.88. The van der Waals surface area contributed by atoms with E-state index in [-0.39, 0.29) is 33.7 Å². The summed E-state index contributed by atoms with van der Waals surface area (Å²) in [6.07, 6.45) is 0. The summed E-state index contributed by atoms with van der Waals surface area (Å²) < 4.78 is 74.0. The molecular weight excluding hydrogens is 561 g/mol. The number of rotatable bonds is 0. The smallest absolute Gasteiger partial charge is 0.185 e. The molecule has 0 radical (unpaired) electrons. The maximum absolute atomic E-state index is 11.5. The fourth-order valence-electron chi connectivity index (χ4n) is 3.59. The number of benzene rings is 3. The molecular formula is C24H24O7S5. The van der Waals surface area contributed by atoms with Gasteiger partial charge in [-0.3, -0.25) is 0 Å². The van der Waals surface area contributed by atoms with Gasteiger partial charge in [0.05, 0.1) is 27.0 Å². The maximum atomic E-state index is 11.5. The Balaban J connectivity index is 0.000000128. The molecule has 0 saturated heterocycles. The molecule has 0 aliphatic carbocycles. The van der Waals surface area contributed by atoms with Crippen molar-refractivity contribution in [3.63, 3.8) is 0 Å². The number of para-hydroxylation sites is 1. The standard InChI is InChI=1S/C8H8O4S2.C8H8O3S.C8H8S2/c9-13(10)5-6-14(11,12)8-4-2-1-3-7(8)13;9-12(10)6-5-11-7-3-1-2-4-8(7)12;1-2-4-8-7(3-1)9-5-6-10-8/h1-4H,5-6H2;1-4H,5-6H2;1-4H,5-6H2. The van der Waals surface area contributed by atoms with E-state index in [1.807, 2.05) is 23.5 Å². The minimum Gasteiger partial charge on any atom is -0.491 e. The summed E-state index contributed by atoms with van der Waals surface area (Å²) in [5.41, 5.74) is 0. The molecule has 6 rings (SSSR count). The van der Waals surface area contributed by atoms with Gasteiger partial charge >= 0.3 is 0 Å². The highest BCUT2D eigenvalue weighted by Gasteiger charge is 2.32. The van der Waals surface area contributed by atoms with Crippen LogP contribution >= 0.6 is 23.5 Å². The van der Waals surface area contributed by atoms with Gasteiger partial charge in [0.25, 0.3) is 0 Å². The molecule has 12 heteroatoms. The molecule has 0 spiro atoms. The molecule has 0 N–H and O–H groups in total. The first-order valence-electron chi connectivity index (χ1n) is 10.9. The second-order valence-corrected chi connectivity index (χ2v) is 16.3. The van der Waals surface area contributed by atoms with Crippen molar-refractivity contribution in [2.75, 3.05) is 35.4 Å². The van der Waals surface area contributed by atoms with Crippen LogP contribution in [0.25, 0.3) is 0 Å². The lowest BCUT2D eigenvalue weighted by Gasteiger charge is -2.16. The summed E-state index contributed by atoms with van der Waals surface area (Å²) in [7, 11) is -9.85. The minimum absolute atomic E-state index is 0.0637. The Kier molecular flexibility index (Phi) is 8.40. The summed E-state index contributed by atoms with van der Waals surface area (Å²) in [4.78, 5) is 3.10. The fraction of sp³-hybridized carbons (Fsp3) is 0.250. The van der Waals surface area contributed by atoms with E-state index in [1.165, 1.54) is 45.6 Å². The van der Waals surface area contributed by atoms with Gasteiger partial charge in [0.1, 0.15) is 17.3 Å². The predicted molar refractivity (Wildman–Crippen MR) is 142 cm³/mol. The molecule has 192 valence electrons. The first-order chi connectivity index (χ1) is 17.1. The molecule has 3 aliphatic rings. The molecule has 3 aromatic rings. The summed E-state index contributed by atoms with van der Waals surface area (Å²) >= 11 is 3.94. The van der Waals surface area contributed by atoms with E-state index in [9.17, 15) is 25.3 Å². The van der Waals surface area contributed by atoms with Gasteiger partial charge in [-0.05, 0) is 36.4 Å². The van der Waals surface area contributed by atoms with E-state index in [4.69, 9.17) is 4.74 Å². The molecule has 0 bridgehead atoms. The highest BCUT2D eigenvalue weighted by molar-refractivity contribution is 8.05. The first kappa shape index (κ1) is 27.1. The normalized spacial score (nSPS) is 19.8. The van der Waals surface area contributed by atoms with Crippen LogP contribution in [0.2, 0.25) is 0 Å². The summed E-state index contributed by atoms with van der Waals surface area (Å²) in [6.45, 7) is 0.263. The van der Waals surface area contributed by atoms with Gasteiger partial charge in [-0.2, -0.15) is 0 Å². The number of hydrogen-bond acceptors (Lipinski definition) is 9. The van der Waals surface area contributed by atoms with Crippen molar-refractivity contribution in [1.82, 2.24) is 0 Å². The molecule has 0 saturated carbocycles. The molecule has 36 heavy (non-hydrogen) atoms. The Morgan fingerprint density at radius 1 is 0.528 bits per heavy atom. The minimum atomic E-state index is -3.39. The monoisotopic (exact) mass is 584 g/mol. The van der Waals surface area contributed by atoms with Crippen LogP contribution in [0.1, 0.15) is 0 Å². The third-order valence-electron chi connectivity index (χ3n) is 5.38. The molecule has 0 amide bonds. The molecule has 0 aromatic heterocycles. The summed E-state index contributed by atoms with van der Waals surface area (Å²) in [6, 6.07) is 21.0. The van der Waals surface area contributed by atoms with Gasteiger partial charge in [-0.1, -0.05) is 36.4 Å². The van der Waals surface area contributed by atoms with Gasteiger partial charge in [-0.15, -0.1) is 23.5 Å². The van der Waals surface area contributed by atoms with Crippen molar-refractivity contribution in [3.05, 3.63) is 72.8 Å². The van der Waals surface area contributed by atoms with E-state index in [1.54, 1.807) is 24.3 Å². The van der Waals surface area contributed by atoms with Gasteiger partial charge < -0.3 is 4.74 Å². The summed E-state index contributed by atoms with van der Waals surface area (Å²) in [5.74, 6) is 2.47. The van der Waals surface area contributed by atoms with Crippen molar-refractivity contribution in [1.29, 1.82) is 0 Å². The number of hydrogen-bond donors (Lipinski definition) is 0. The van der Waals surface area contributed by atoms with Crippen LogP contribution in [0.4, 0.5) is 0 Å². The number of ether oxygens (including phenoxy) is 1. The van der Waals surface area contributed by atoms with Crippen molar-refractivity contribution < 1.29 is 30.0 Å². The van der Waals surface area contributed by atoms with Gasteiger partial charge in [0.2, 0.25) is 0 Å². The number of fused-ring (bicyclic) bond motifs is 3. The molecule has 0 unspecified atom stereocenters. The second-order valence-electron chi connectivity index (χ2n) is 7.84. The molecule has 3 aliphatic heterocycles. The number of sulfone groups is 3. The quantitative estimate of drug-likeness (QED) is 0.387. The highest BCUT2D eigenvalue weighted by Crippen LogP contribution is 2.35. The van der Waals surface area contributed by atoms with Crippen molar-refractivity contribution in [2.24, 2.45) is 0 Å². The highest BCUT2D eigenvalue weighted by atomic mass is 32.2. The lowest BCUT2D eigenvalue weighted by atomic mass is 10.3. The van der Waals surface area contributed by atoms with Crippen LogP contribution in [0.5, 0.6) is 5.75 Å². The van der Waals surface area contributed by atoms with Crippen LogP contribution < -0.4 is 4.74 Å². The topological polar surface area (TPSA) is 112 Å². The summed E-state index contributed by atoms with van der Waals surface area (Å²) in [5, 5.41) is 0. The van der Waals surface area contributed by atoms with E-state index < -0.39 is 29.5 Å². The lowest BCUT2D eigenvalue weighted by Crippen LogP contribution is -2.25. The van der Waals surface area contributed by atoms with Crippen LogP contribution in [0.3, 0.4) is 0 Å². The Morgan fingerprint density at radius 3 is 1.44 bits per heavy atom. The Hall–Kier alpha value is -1.99. The largest absolute Gasteiger partial charge is 0.491 e. The van der Waals surface area contributed by atoms with E-state index in [0.717, 1.165) is 0 Å². The molecule has 0 fully saturated rings. The SMILES string of the molecule is O=S1(=O)CCOc2ccccc21.O=S1(=O)CCS(=O)(=O)c2ccccc21.c1ccc2c(c1)SCCS2. The average molecular weight is 585 g/mol. The van der Waals surface area contributed by atoms with Crippen molar-refractivity contribution >= 4 is 53.0 Å². The zero-order valence-corrected chi connectivity index (χ0v) is 23.2. The molecule has 3 heterocycles. The van der Waals surface area contributed by atoms with Crippen LogP contribution in [0, 0.1) is 0 Å². The van der Waals surface area contributed by atoms with Gasteiger partial charge in [-0.25, -0.2) is 25.3 Å². The fourth-order valence-corrected chi connectivity index (χ4v) is 11.3. The third-order valence-corrected chi connectivity index (χ3v) is 13.6. The van der Waals surface area contributed by atoms with E-state index in [2.05, 4.69) is 24.3 Å². The molecule has 7 nitrogen and oxygen atoms in total. The van der Waals surface area contributed by atoms with Crippen LogP contribution in [-0.2, 0) is 29.5 Å². The van der Waals surface area contributed by atoms with Crippen LogP contribution in [0.15, 0.2) is 97.3 Å². The zero-order valence-electron chi connectivity index (χ0n) is 19.1. The number of thioether (sulfide) groups is 2. The molecule has 3 aromatic carbocycles. The Bertz CT molecular complexity index is 1490. The lowest BCUT2D eigenvalue weighted by molar-refractivity contribution is 0.322. The van der Waals surface area contributed by atoms with E-state index >= 15 is 0 Å².